The second-order valence-corrected chi connectivity index (χ2v) is 5.02. The van der Waals surface area contributed by atoms with Crippen LogP contribution in [0.2, 0.25) is 0 Å². The van der Waals surface area contributed by atoms with Gasteiger partial charge in [-0.1, -0.05) is 40.2 Å². The number of rotatable bonds is 4. The van der Waals surface area contributed by atoms with Crippen molar-refractivity contribution in [1.82, 2.24) is 5.43 Å². The van der Waals surface area contributed by atoms with Gasteiger partial charge in [-0.2, -0.15) is 5.10 Å². The fraction of sp³-hybridized carbons (Fsp3) is 0. The third-order valence-electron chi connectivity index (χ3n) is 2.65. The number of carbonyl (C=O) groups excluding carboxylic acids is 1. The van der Waals surface area contributed by atoms with E-state index < -0.39 is 5.97 Å². The third kappa shape index (κ3) is 4.00. The lowest BCUT2D eigenvalue weighted by molar-refractivity contribution is 0.0696. The third-order valence-corrected chi connectivity index (χ3v) is 3.14. The Labute approximate surface area is 129 Å². The lowest BCUT2D eigenvalue weighted by Gasteiger charge is -2.01. The fourth-order valence-corrected chi connectivity index (χ4v) is 2.06. The summed E-state index contributed by atoms with van der Waals surface area (Å²) in [5, 5.41) is 12.8. The van der Waals surface area contributed by atoms with E-state index in [1.807, 2.05) is 6.07 Å². The molecule has 0 aromatic heterocycles. The molecule has 1 amide bonds. The molecule has 0 saturated heterocycles. The minimum Gasteiger partial charge on any atom is -0.478 e. The molecule has 5 nitrogen and oxygen atoms in total. The summed E-state index contributed by atoms with van der Waals surface area (Å²) in [6, 6.07) is 13.3. The first-order valence-corrected chi connectivity index (χ1v) is 6.78. The largest absolute Gasteiger partial charge is 0.478 e. The summed E-state index contributed by atoms with van der Waals surface area (Å²) in [5.41, 5.74) is 3.35. The van der Waals surface area contributed by atoms with Crippen LogP contribution >= 0.6 is 15.9 Å². The van der Waals surface area contributed by atoms with Crippen molar-refractivity contribution in [2.75, 3.05) is 0 Å². The number of halogens is 1. The van der Waals surface area contributed by atoms with Crippen LogP contribution in [0.5, 0.6) is 0 Å². The Morgan fingerprint density at radius 1 is 1.14 bits per heavy atom. The van der Waals surface area contributed by atoms with Crippen LogP contribution in [0.25, 0.3) is 0 Å². The van der Waals surface area contributed by atoms with Crippen LogP contribution < -0.4 is 5.43 Å². The predicted molar refractivity (Wildman–Crippen MR) is 82.6 cm³/mol. The summed E-state index contributed by atoms with van der Waals surface area (Å²) < 4.78 is 0.787. The van der Waals surface area contributed by atoms with E-state index in [2.05, 4.69) is 26.5 Å². The average Bonchev–Trinajstić information content (AvgIpc) is 2.47. The van der Waals surface area contributed by atoms with E-state index >= 15 is 0 Å². The summed E-state index contributed by atoms with van der Waals surface area (Å²) in [6.45, 7) is 0. The molecule has 2 rings (SSSR count). The van der Waals surface area contributed by atoms with Crippen molar-refractivity contribution in [3.8, 4) is 0 Å². The molecule has 0 aliphatic rings. The van der Waals surface area contributed by atoms with Gasteiger partial charge < -0.3 is 5.11 Å². The highest BCUT2D eigenvalue weighted by Crippen LogP contribution is 2.11. The van der Waals surface area contributed by atoms with Crippen molar-refractivity contribution in [3.05, 3.63) is 69.7 Å². The number of hydrogen-bond acceptors (Lipinski definition) is 3. The van der Waals surface area contributed by atoms with Crippen molar-refractivity contribution >= 4 is 34.0 Å². The van der Waals surface area contributed by atoms with Crippen LogP contribution in [-0.4, -0.2) is 23.2 Å². The number of hydrazone groups is 1. The SMILES string of the molecule is O=C(NN=Cc1ccccc1C(=O)O)c1cccc(Br)c1. The van der Waals surface area contributed by atoms with E-state index in [-0.39, 0.29) is 11.5 Å². The number of nitrogens with zero attached hydrogens (tertiary/aromatic N) is 1. The molecule has 0 radical (unpaired) electrons. The van der Waals surface area contributed by atoms with Gasteiger partial charge in [0.15, 0.2) is 0 Å². The summed E-state index contributed by atoms with van der Waals surface area (Å²) in [7, 11) is 0. The first-order chi connectivity index (χ1) is 10.1. The van der Waals surface area contributed by atoms with Crippen molar-refractivity contribution in [3.63, 3.8) is 0 Å². The number of carbonyl (C=O) groups is 2. The van der Waals surface area contributed by atoms with Gasteiger partial charge in [0.2, 0.25) is 0 Å². The average molecular weight is 347 g/mol. The van der Waals surface area contributed by atoms with E-state index in [0.717, 1.165) is 4.47 Å². The molecule has 0 aliphatic heterocycles. The molecule has 0 atom stereocenters. The Hall–Kier alpha value is -2.47. The highest BCUT2D eigenvalue weighted by Gasteiger charge is 2.07. The molecule has 0 saturated carbocycles. The second kappa shape index (κ2) is 6.81. The minimum absolute atomic E-state index is 0.123. The van der Waals surface area contributed by atoms with Gasteiger partial charge in [0.05, 0.1) is 11.8 Å². The smallest absolute Gasteiger partial charge is 0.336 e. The van der Waals surface area contributed by atoms with Crippen LogP contribution in [-0.2, 0) is 0 Å². The van der Waals surface area contributed by atoms with Crippen LogP contribution in [0, 0.1) is 0 Å². The van der Waals surface area contributed by atoms with Crippen molar-refractivity contribution in [1.29, 1.82) is 0 Å². The van der Waals surface area contributed by atoms with Crippen molar-refractivity contribution < 1.29 is 14.7 Å². The lowest BCUT2D eigenvalue weighted by atomic mass is 10.1. The minimum atomic E-state index is -1.05. The quantitative estimate of drug-likeness (QED) is 0.659. The molecule has 21 heavy (non-hydrogen) atoms. The number of benzene rings is 2. The van der Waals surface area contributed by atoms with Crippen LogP contribution in [0.1, 0.15) is 26.3 Å². The molecule has 0 fully saturated rings. The zero-order valence-electron chi connectivity index (χ0n) is 10.8. The molecule has 0 spiro atoms. The highest BCUT2D eigenvalue weighted by atomic mass is 79.9. The van der Waals surface area contributed by atoms with E-state index in [0.29, 0.717) is 11.1 Å². The van der Waals surface area contributed by atoms with Gasteiger partial charge in [-0.15, -0.1) is 0 Å². The number of nitrogens with one attached hydrogen (secondary N) is 1. The maximum atomic E-state index is 11.8. The fourth-order valence-electron chi connectivity index (χ4n) is 1.66. The predicted octanol–water partition coefficient (Wildman–Crippen LogP) is 2.91. The van der Waals surface area contributed by atoms with E-state index in [9.17, 15) is 9.59 Å². The zero-order valence-corrected chi connectivity index (χ0v) is 12.4. The van der Waals surface area contributed by atoms with Gasteiger partial charge in [-0.05, 0) is 24.3 Å². The topological polar surface area (TPSA) is 78.8 Å². The molecule has 6 heteroatoms. The van der Waals surface area contributed by atoms with Crippen LogP contribution in [0.3, 0.4) is 0 Å². The Bertz CT molecular complexity index is 714. The molecule has 0 aliphatic carbocycles. The summed E-state index contributed by atoms with van der Waals surface area (Å²) >= 11 is 3.28. The molecular weight excluding hydrogens is 336 g/mol. The molecular formula is C15H11BrN2O3. The Morgan fingerprint density at radius 2 is 1.90 bits per heavy atom. The maximum Gasteiger partial charge on any atom is 0.336 e. The molecule has 2 aromatic rings. The van der Waals surface area contributed by atoms with Gasteiger partial charge >= 0.3 is 5.97 Å². The van der Waals surface area contributed by atoms with Crippen molar-refractivity contribution in [2.45, 2.75) is 0 Å². The Morgan fingerprint density at radius 3 is 2.62 bits per heavy atom. The molecule has 0 unspecified atom stereocenters. The number of carboxylic acids is 1. The normalized spacial score (nSPS) is 10.5. The van der Waals surface area contributed by atoms with Gasteiger partial charge in [-0.3, -0.25) is 4.79 Å². The van der Waals surface area contributed by atoms with Gasteiger partial charge in [0.25, 0.3) is 5.91 Å². The number of aromatic carboxylic acids is 1. The number of hydrogen-bond donors (Lipinski definition) is 2. The molecule has 0 bridgehead atoms. The molecule has 2 N–H and O–H groups in total. The maximum absolute atomic E-state index is 11.8. The van der Waals surface area contributed by atoms with Gasteiger partial charge in [0, 0.05) is 15.6 Å². The first-order valence-electron chi connectivity index (χ1n) is 5.99. The van der Waals surface area contributed by atoms with Gasteiger partial charge in [0.1, 0.15) is 0 Å². The summed E-state index contributed by atoms with van der Waals surface area (Å²) in [4.78, 5) is 22.9. The lowest BCUT2D eigenvalue weighted by Crippen LogP contribution is -2.17. The highest BCUT2D eigenvalue weighted by molar-refractivity contribution is 9.10. The molecule has 0 heterocycles. The van der Waals surface area contributed by atoms with E-state index in [1.165, 1.54) is 12.3 Å². The monoisotopic (exact) mass is 346 g/mol. The van der Waals surface area contributed by atoms with Crippen LogP contribution in [0.15, 0.2) is 58.1 Å². The first kappa shape index (κ1) is 14.9. The molecule has 2 aromatic carbocycles. The Kier molecular flexibility index (Phi) is 4.84. The molecule has 106 valence electrons. The Balaban J connectivity index is 2.09. The summed E-state index contributed by atoms with van der Waals surface area (Å²) in [5.74, 6) is -1.42. The van der Waals surface area contributed by atoms with Crippen molar-refractivity contribution in [2.24, 2.45) is 5.10 Å². The van der Waals surface area contributed by atoms with Gasteiger partial charge in [-0.25, -0.2) is 10.2 Å². The number of carboxylic acid groups (broad SMARTS) is 1. The van der Waals surface area contributed by atoms with Crippen LogP contribution in [0.4, 0.5) is 0 Å². The second-order valence-electron chi connectivity index (χ2n) is 4.10. The van der Waals surface area contributed by atoms with E-state index in [4.69, 9.17) is 5.11 Å². The number of amides is 1. The zero-order chi connectivity index (χ0) is 15.2. The van der Waals surface area contributed by atoms with E-state index in [1.54, 1.807) is 36.4 Å². The summed E-state index contributed by atoms with van der Waals surface area (Å²) in [6.07, 6.45) is 1.30. The standard InChI is InChI=1S/C15H11BrN2O3/c16-12-6-3-5-10(8-12)14(19)18-17-9-11-4-1-2-7-13(11)15(20)21/h1-9H,(H,18,19)(H,20,21).